The first-order chi connectivity index (χ1) is 22.9. The van der Waals surface area contributed by atoms with Gasteiger partial charge in [-0.3, -0.25) is 19.2 Å². The lowest BCUT2D eigenvalue weighted by molar-refractivity contribution is -0.140. The summed E-state index contributed by atoms with van der Waals surface area (Å²) in [4.78, 5) is 59.5. The number of carbonyl (C=O) groups excluding carboxylic acids is 4. The maximum atomic E-state index is 12.8. The fourth-order valence-electron chi connectivity index (χ4n) is 7.26. The number of benzene rings is 2. The Morgan fingerprint density at radius 2 is 1.11 bits per heavy atom. The second-order valence-electron chi connectivity index (χ2n) is 13.6. The third-order valence-corrected chi connectivity index (χ3v) is 10.4. The van der Waals surface area contributed by atoms with Crippen molar-refractivity contribution < 1.29 is 23.6 Å². The molecule has 10 heteroatoms. The van der Waals surface area contributed by atoms with Gasteiger partial charge in [0.2, 0.25) is 29.5 Å². The Hall–Kier alpha value is -4.47. The minimum atomic E-state index is -0.0892. The molecule has 7 rings (SSSR count). The van der Waals surface area contributed by atoms with Gasteiger partial charge in [0.05, 0.1) is 6.20 Å². The summed E-state index contributed by atoms with van der Waals surface area (Å²) >= 11 is 0. The molecule has 0 unspecified atom stereocenters. The van der Waals surface area contributed by atoms with E-state index in [1.54, 1.807) is 6.20 Å². The summed E-state index contributed by atoms with van der Waals surface area (Å²) in [7, 11) is 0. The molecule has 2 aliphatic carbocycles. The number of carbonyl (C=O) groups is 4. The van der Waals surface area contributed by atoms with E-state index in [2.05, 4.69) is 15.6 Å². The molecule has 2 saturated heterocycles. The van der Waals surface area contributed by atoms with Gasteiger partial charge in [-0.25, -0.2) is 4.98 Å². The highest BCUT2D eigenvalue weighted by molar-refractivity contribution is 5.93. The molecule has 246 valence electrons. The minimum absolute atomic E-state index is 0.0172. The molecule has 4 aliphatic rings. The second kappa shape index (κ2) is 13.7. The van der Waals surface area contributed by atoms with Gasteiger partial charge in [-0.05, 0) is 99.9 Å². The average molecular weight is 638 g/mol. The number of anilines is 2. The van der Waals surface area contributed by atoms with E-state index in [-0.39, 0.29) is 47.5 Å². The largest absolute Gasteiger partial charge is 0.436 e. The summed E-state index contributed by atoms with van der Waals surface area (Å²) < 4.78 is 6.05. The highest BCUT2D eigenvalue weighted by Crippen LogP contribution is 2.34. The van der Waals surface area contributed by atoms with Crippen LogP contribution in [0.2, 0.25) is 0 Å². The molecule has 47 heavy (non-hydrogen) atoms. The first-order valence-electron chi connectivity index (χ1n) is 17.3. The van der Waals surface area contributed by atoms with Gasteiger partial charge in [-0.2, -0.15) is 0 Å². The molecule has 4 amide bonds. The lowest BCUT2D eigenvalue weighted by atomic mass is 9.84. The second-order valence-corrected chi connectivity index (χ2v) is 13.6. The van der Waals surface area contributed by atoms with Crippen molar-refractivity contribution in [1.82, 2.24) is 14.8 Å². The van der Waals surface area contributed by atoms with Gasteiger partial charge < -0.3 is 24.9 Å². The number of oxazole rings is 1. The molecule has 10 nitrogen and oxygen atoms in total. The zero-order chi connectivity index (χ0) is 32.3. The molecular formula is C37H43N5O5. The fraction of sp³-hybridized carbons (Fsp3) is 0.486. The zero-order valence-electron chi connectivity index (χ0n) is 26.8. The van der Waals surface area contributed by atoms with Crippen molar-refractivity contribution in [2.75, 3.05) is 23.7 Å². The minimum Gasteiger partial charge on any atom is -0.436 e. The average Bonchev–Trinajstić information content (AvgIpc) is 3.78. The smallest absolute Gasteiger partial charge is 0.226 e. The van der Waals surface area contributed by atoms with Crippen molar-refractivity contribution in [3.05, 3.63) is 54.7 Å². The van der Waals surface area contributed by atoms with Crippen LogP contribution in [0.4, 0.5) is 11.4 Å². The Labute approximate surface area is 275 Å². The van der Waals surface area contributed by atoms with Crippen molar-refractivity contribution in [1.29, 1.82) is 0 Å². The SMILES string of the molecule is O=C(C[C@@H]1CCCN1C(=O)C1CCC1)Nc1ccc(-c2cnc(-c3ccc(NC(=O)C[C@@H]4CCCN4C(=O)C4CCC4)cc3)o2)cc1. The van der Waals surface area contributed by atoms with Gasteiger partial charge in [-0.1, -0.05) is 12.8 Å². The maximum Gasteiger partial charge on any atom is 0.226 e. The normalized spacial score (nSPS) is 21.3. The van der Waals surface area contributed by atoms with E-state index < -0.39 is 0 Å². The Morgan fingerprint density at radius 1 is 0.638 bits per heavy atom. The third kappa shape index (κ3) is 6.96. The van der Waals surface area contributed by atoms with Gasteiger partial charge in [0.15, 0.2) is 5.76 Å². The fourth-order valence-corrected chi connectivity index (χ4v) is 7.26. The topological polar surface area (TPSA) is 125 Å². The number of likely N-dealkylation sites (tertiary alicyclic amines) is 2. The van der Waals surface area contributed by atoms with Gasteiger partial charge >= 0.3 is 0 Å². The van der Waals surface area contributed by atoms with Crippen LogP contribution in [-0.2, 0) is 19.2 Å². The van der Waals surface area contributed by atoms with E-state index in [9.17, 15) is 19.2 Å². The molecule has 2 atom stereocenters. The number of hydrogen-bond donors (Lipinski definition) is 2. The number of aromatic nitrogens is 1. The molecule has 0 bridgehead atoms. The van der Waals surface area contributed by atoms with E-state index in [0.29, 0.717) is 35.9 Å². The third-order valence-electron chi connectivity index (χ3n) is 10.4. The van der Waals surface area contributed by atoms with Gasteiger partial charge in [-0.15, -0.1) is 0 Å². The van der Waals surface area contributed by atoms with Gasteiger partial charge in [0.1, 0.15) is 0 Å². The highest BCUT2D eigenvalue weighted by atomic mass is 16.4. The molecular weight excluding hydrogens is 594 g/mol. The van der Waals surface area contributed by atoms with Gasteiger partial charge in [0, 0.05) is 72.4 Å². The molecule has 2 saturated carbocycles. The van der Waals surface area contributed by atoms with Crippen molar-refractivity contribution in [2.24, 2.45) is 11.8 Å². The molecule has 2 aromatic carbocycles. The monoisotopic (exact) mass is 637 g/mol. The van der Waals surface area contributed by atoms with Gasteiger partial charge in [0.25, 0.3) is 0 Å². The molecule has 1 aromatic heterocycles. The Morgan fingerprint density at radius 3 is 1.55 bits per heavy atom. The summed E-state index contributed by atoms with van der Waals surface area (Å²) in [6, 6.07) is 14.8. The lowest BCUT2D eigenvalue weighted by Gasteiger charge is -2.32. The van der Waals surface area contributed by atoms with Crippen LogP contribution >= 0.6 is 0 Å². The number of rotatable bonds is 10. The molecule has 2 N–H and O–H groups in total. The first kappa shape index (κ1) is 31.1. The summed E-state index contributed by atoms with van der Waals surface area (Å²) in [5.74, 6) is 1.65. The van der Waals surface area contributed by atoms with Crippen LogP contribution < -0.4 is 10.6 Å². The molecule has 0 radical (unpaired) electrons. The summed E-state index contributed by atoms with van der Waals surface area (Å²) in [5.41, 5.74) is 2.98. The van der Waals surface area contributed by atoms with Crippen molar-refractivity contribution in [3.8, 4) is 22.8 Å². The molecule has 4 fully saturated rings. The van der Waals surface area contributed by atoms with E-state index in [0.717, 1.165) is 88.4 Å². The Bertz CT molecular complexity index is 1490. The number of nitrogens with one attached hydrogen (secondary N) is 2. The summed E-state index contributed by atoms with van der Waals surface area (Å²) in [6.45, 7) is 1.51. The van der Waals surface area contributed by atoms with Crippen LogP contribution in [0, 0.1) is 11.8 Å². The lowest BCUT2D eigenvalue weighted by Crippen LogP contribution is -2.43. The van der Waals surface area contributed by atoms with Crippen LogP contribution in [0.15, 0.2) is 59.1 Å². The van der Waals surface area contributed by atoms with Crippen molar-refractivity contribution in [2.45, 2.75) is 89.1 Å². The van der Waals surface area contributed by atoms with E-state index in [1.807, 2.05) is 58.3 Å². The Balaban J connectivity index is 0.899. The van der Waals surface area contributed by atoms with Crippen LogP contribution in [0.25, 0.3) is 22.8 Å². The van der Waals surface area contributed by atoms with E-state index in [4.69, 9.17) is 4.42 Å². The van der Waals surface area contributed by atoms with Crippen molar-refractivity contribution >= 4 is 35.0 Å². The molecule has 2 aliphatic heterocycles. The summed E-state index contributed by atoms with van der Waals surface area (Å²) in [6.07, 6.45) is 12.1. The van der Waals surface area contributed by atoms with Crippen molar-refractivity contribution in [3.63, 3.8) is 0 Å². The predicted molar refractivity (Wildman–Crippen MR) is 178 cm³/mol. The van der Waals surface area contributed by atoms with Crippen LogP contribution in [0.3, 0.4) is 0 Å². The molecule has 3 aromatic rings. The first-order valence-corrected chi connectivity index (χ1v) is 17.3. The number of nitrogens with zero attached hydrogens (tertiary/aromatic N) is 3. The summed E-state index contributed by atoms with van der Waals surface area (Å²) in [5, 5.41) is 5.95. The molecule has 3 heterocycles. The van der Waals surface area contributed by atoms with Crippen LogP contribution in [0.5, 0.6) is 0 Å². The van der Waals surface area contributed by atoms with Crippen LogP contribution in [-0.4, -0.2) is 63.6 Å². The molecule has 0 spiro atoms. The van der Waals surface area contributed by atoms with Crippen LogP contribution in [0.1, 0.15) is 77.0 Å². The Kier molecular flexibility index (Phi) is 9.09. The standard InChI is InChI=1S/C37H43N5O5/c43-33(21-30-9-3-19-41(30)36(45)26-5-1-6-26)39-28-15-11-24(12-16-28)32-23-38-35(47-32)25-13-17-29(18-14-25)40-34(44)22-31-10-4-20-42(31)37(46)27-7-2-8-27/h11-18,23,26-27,30-31H,1-10,19-22H2,(H,39,43)(H,40,44)/t30-,31-/m0/s1. The van der Waals surface area contributed by atoms with E-state index in [1.165, 1.54) is 0 Å². The highest BCUT2D eigenvalue weighted by Gasteiger charge is 2.37. The number of hydrogen-bond acceptors (Lipinski definition) is 6. The maximum absolute atomic E-state index is 12.8. The number of amides is 4. The zero-order valence-corrected chi connectivity index (χ0v) is 26.8. The quantitative estimate of drug-likeness (QED) is 0.271. The van der Waals surface area contributed by atoms with E-state index >= 15 is 0 Å². The predicted octanol–water partition coefficient (Wildman–Crippen LogP) is 6.25.